The van der Waals surface area contributed by atoms with Gasteiger partial charge in [0.15, 0.2) is 0 Å². The fourth-order valence-corrected chi connectivity index (χ4v) is 3.78. The SMILES string of the molecule is COc1ccc(-c2nc3ccccn3c2COCc2cn(Cc3ccc(C)cc3)nn2)cc1. The summed E-state index contributed by atoms with van der Waals surface area (Å²) in [5, 5.41) is 8.50. The molecule has 0 aliphatic heterocycles. The van der Waals surface area contributed by atoms with Crippen LogP contribution in [0.2, 0.25) is 0 Å². The Labute approximate surface area is 192 Å². The molecule has 3 aromatic heterocycles. The van der Waals surface area contributed by atoms with Crippen molar-refractivity contribution in [3.05, 3.63) is 102 Å². The van der Waals surface area contributed by atoms with Crippen molar-refractivity contribution in [1.82, 2.24) is 24.4 Å². The number of hydrogen-bond acceptors (Lipinski definition) is 5. The number of rotatable bonds is 8. The molecule has 0 fully saturated rings. The fourth-order valence-electron chi connectivity index (χ4n) is 3.78. The summed E-state index contributed by atoms with van der Waals surface area (Å²) in [7, 11) is 1.66. The number of ether oxygens (including phenoxy) is 2. The standard InChI is InChI=1S/C26H25N5O2/c1-19-6-8-20(9-7-19)15-30-16-22(28-29-30)17-33-18-24-26(21-10-12-23(32-2)13-11-21)27-25-5-3-4-14-31(24)25/h3-14,16H,15,17-18H2,1-2H3. The van der Waals surface area contributed by atoms with E-state index in [1.807, 2.05) is 59.5 Å². The van der Waals surface area contributed by atoms with Crippen LogP contribution in [-0.4, -0.2) is 31.5 Å². The summed E-state index contributed by atoms with van der Waals surface area (Å²) < 4.78 is 15.2. The number of aromatic nitrogens is 5. The Bertz CT molecular complexity index is 1350. The first kappa shape index (κ1) is 20.9. The predicted molar refractivity (Wildman–Crippen MR) is 126 cm³/mol. The summed E-state index contributed by atoms with van der Waals surface area (Å²) in [5.74, 6) is 0.814. The number of methoxy groups -OCH3 is 1. The number of benzene rings is 2. The van der Waals surface area contributed by atoms with Gasteiger partial charge in [0.1, 0.15) is 17.1 Å². The molecule has 0 spiro atoms. The molecule has 0 bridgehead atoms. The van der Waals surface area contributed by atoms with Gasteiger partial charge in [-0.3, -0.25) is 0 Å². The third kappa shape index (κ3) is 4.63. The van der Waals surface area contributed by atoms with E-state index in [9.17, 15) is 0 Å². The van der Waals surface area contributed by atoms with Crippen LogP contribution in [0, 0.1) is 6.92 Å². The molecule has 33 heavy (non-hydrogen) atoms. The Kier molecular flexibility index (Phi) is 5.87. The minimum absolute atomic E-state index is 0.371. The van der Waals surface area contributed by atoms with Crippen LogP contribution in [-0.2, 0) is 24.5 Å². The molecule has 5 aromatic rings. The highest BCUT2D eigenvalue weighted by molar-refractivity contribution is 5.67. The maximum atomic E-state index is 6.06. The van der Waals surface area contributed by atoms with E-state index in [2.05, 4.69) is 45.9 Å². The number of aryl methyl sites for hydroxylation is 1. The number of fused-ring (bicyclic) bond motifs is 1. The number of imidazole rings is 1. The van der Waals surface area contributed by atoms with Gasteiger partial charge < -0.3 is 13.9 Å². The zero-order chi connectivity index (χ0) is 22.6. The smallest absolute Gasteiger partial charge is 0.137 e. The summed E-state index contributed by atoms with van der Waals surface area (Å²) >= 11 is 0. The summed E-state index contributed by atoms with van der Waals surface area (Å²) in [4.78, 5) is 4.83. The van der Waals surface area contributed by atoms with Crippen molar-refractivity contribution in [2.24, 2.45) is 0 Å². The third-order valence-corrected chi connectivity index (χ3v) is 5.53. The van der Waals surface area contributed by atoms with Gasteiger partial charge in [0.25, 0.3) is 0 Å². The van der Waals surface area contributed by atoms with Crippen molar-refractivity contribution in [3.8, 4) is 17.0 Å². The molecule has 0 aliphatic rings. The normalized spacial score (nSPS) is 11.2. The topological polar surface area (TPSA) is 66.5 Å². The molecule has 0 saturated heterocycles. The first-order chi connectivity index (χ1) is 16.2. The molecule has 5 rings (SSSR count). The summed E-state index contributed by atoms with van der Waals surface area (Å²) in [6.07, 6.45) is 3.94. The second-order valence-electron chi connectivity index (χ2n) is 7.95. The molecule has 0 radical (unpaired) electrons. The highest BCUT2D eigenvalue weighted by Gasteiger charge is 2.14. The Morgan fingerprint density at radius 2 is 1.73 bits per heavy atom. The van der Waals surface area contributed by atoms with Crippen LogP contribution in [0.4, 0.5) is 0 Å². The van der Waals surface area contributed by atoms with E-state index in [1.54, 1.807) is 7.11 Å². The third-order valence-electron chi connectivity index (χ3n) is 5.53. The molecule has 0 unspecified atom stereocenters. The quantitative estimate of drug-likeness (QED) is 0.351. The average molecular weight is 440 g/mol. The lowest BCUT2D eigenvalue weighted by Crippen LogP contribution is -2.00. The van der Waals surface area contributed by atoms with E-state index >= 15 is 0 Å². The number of hydrogen-bond donors (Lipinski definition) is 0. The van der Waals surface area contributed by atoms with Crippen LogP contribution in [0.5, 0.6) is 5.75 Å². The summed E-state index contributed by atoms with van der Waals surface area (Å²) in [5.41, 5.74) is 7.00. The molecule has 0 N–H and O–H groups in total. The maximum absolute atomic E-state index is 6.06. The average Bonchev–Trinajstić information content (AvgIpc) is 3.45. The number of nitrogens with zero attached hydrogens (tertiary/aromatic N) is 5. The van der Waals surface area contributed by atoms with Gasteiger partial charge in [-0.2, -0.15) is 0 Å². The first-order valence-electron chi connectivity index (χ1n) is 10.8. The van der Waals surface area contributed by atoms with E-state index in [1.165, 1.54) is 11.1 Å². The fraction of sp³-hybridized carbons (Fsp3) is 0.192. The monoisotopic (exact) mass is 439 g/mol. The van der Waals surface area contributed by atoms with Gasteiger partial charge in [-0.15, -0.1) is 5.10 Å². The van der Waals surface area contributed by atoms with Crippen LogP contribution in [0.25, 0.3) is 16.9 Å². The van der Waals surface area contributed by atoms with Crippen molar-refractivity contribution in [1.29, 1.82) is 0 Å². The van der Waals surface area contributed by atoms with Crippen LogP contribution in [0.15, 0.2) is 79.1 Å². The zero-order valence-electron chi connectivity index (χ0n) is 18.7. The van der Waals surface area contributed by atoms with Gasteiger partial charge in [-0.25, -0.2) is 9.67 Å². The molecule has 0 atom stereocenters. The predicted octanol–water partition coefficient (Wildman–Crippen LogP) is 4.67. The molecule has 7 nitrogen and oxygen atoms in total. The van der Waals surface area contributed by atoms with E-state index in [-0.39, 0.29) is 0 Å². The zero-order valence-corrected chi connectivity index (χ0v) is 18.7. The minimum atomic E-state index is 0.371. The van der Waals surface area contributed by atoms with Crippen LogP contribution >= 0.6 is 0 Å². The molecule has 0 amide bonds. The highest BCUT2D eigenvalue weighted by atomic mass is 16.5. The lowest BCUT2D eigenvalue weighted by Gasteiger charge is -2.07. The molecule has 166 valence electrons. The Hall–Kier alpha value is -3.97. The van der Waals surface area contributed by atoms with Crippen molar-refractivity contribution in [2.45, 2.75) is 26.7 Å². The number of pyridine rings is 1. The largest absolute Gasteiger partial charge is 0.497 e. The van der Waals surface area contributed by atoms with Gasteiger partial charge in [0.05, 0.1) is 44.5 Å². The molecule has 0 saturated carbocycles. The Morgan fingerprint density at radius 1 is 0.909 bits per heavy atom. The van der Waals surface area contributed by atoms with E-state index in [0.29, 0.717) is 19.8 Å². The second kappa shape index (κ2) is 9.26. The van der Waals surface area contributed by atoms with Crippen molar-refractivity contribution >= 4 is 5.65 Å². The second-order valence-corrected chi connectivity index (χ2v) is 7.95. The first-order valence-corrected chi connectivity index (χ1v) is 10.8. The molecule has 0 aliphatic carbocycles. The Balaban J connectivity index is 1.30. The van der Waals surface area contributed by atoms with Gasteiger partial charge in [-0.05, 0) is 48.9 Å². The minimum Gasteiger partial charge on any atom is -0.497 e. The van der Waals surface area contributed by atoms with Gasteiger partial charge in [0, 0.05) is 11.8 Å². The molecule has 7 heteroatoms. The van der Waals surface area contributed by atoms with E-state index in [4.69, 9.17) is 14.5 Å². The van der Waals surface area contributed by atoms with Gasteiger partial charge in [-0.1, -0.05) is 41.1 Å². The van der Waals surface area contributed by atoms with Gasteiger partial charge >= 0.3 is 0 Å². The molecule has 3 heterocycles. The lowest BCUT2D eigenvalue weighted by molar-refractivity contribution is 0.102. The summed E-state index contributed by atoms with van der Waals surface area (Å²) in [6.45, 7) is 3.54. The highest BCUT2D eigenvalue weighted by Crippen LogP contribution is 2.27. The van der Waals surface area contributed by atoms with Crippen LogP contribution < -0.4 is 4.74 Å². The Morgan fingerprint density at radius 3 is 2.52 bits per heavy atom. The maximum Gasteiger partial charge on any atom is 0.137 e. The van der Waals surface area contributed by atoms with E-state index < -0.39 is 0 Å². The van der Waals surface area contributed by atoms with Crippen LogP contribution in [0.1, 0.15) is 22.5 Å². The van der Waals surface area contributed by atoms with Crippen molar-refractivity contribution < 1.29 is 9.47 Å². The van der Waals surface area contributed by atoms with Crippen molar-refractivity contribution in [3.63, 3.8) is 0 Å². The summed E-state index contributed by atoms with van der Waals surface area (Å²) in [6, 6.07) is 22.3. The molecular formula is C26H25N5O2. The molecule has 2 aromatic carbocycles. The van der Waals surface area contributed by atoms with Crippen LogP contribution in [0.3, 0.4) is 0 Å². The van der Waals surface area contributed by atoms with E-state index in [0.717, 1.165) is 34.0 Å². The van der Waals surface area contributed by atoms with Gasteiger partial charge in [0.2, 0.25) is 0 Å². The van der Waals surface area contributed by atoms with Crippen molar-refractivity contribution in [2.75, 3.05) is 7.11 Å². The molecular weight excluding hydrogens is 414 g/mol. The lowest BCUT2D eigenvalue weighted by atomic mass is 10.1.